The Hall–Kier alpha value is -2.48. The predicted octanol–water partition coefficient (Wildman–Crippen LogP) is 4.23. The molecule has 0 saturated heterocycles. The van der Waals surface area contributed by atoms with Crippen molar-refractivity contribution >= 4 is 11.6 Å². The Bertz CT molecular complexity index is 635. The molecule has 0 amide bonds. The molecule has 2 aromatic carbocycles. The quantitative estimate of drug-likeness (QED) is 0.783. The van der Waals surface area contributed by atoms with Gasteiger partial charge in [-0.3, -0.25) is 9.59 Å². The zero-order valence-electron chi connectivity index (χ0n) is 11.7. The van der Waals surface area contributed by atoms with Gasteiger partial charge in [0.15, 0.2) is 11.6 Å². The fourth-order valence-corrected chi connectivity index (χ4v) is 2.77. The number of allylic oxidation sites excluding steroid dienone is 2. The molecule has 0 fully saturated rings. The van der Waals surface area contributed by atoms with E-state index < -0.39 is 0 Å². The summed E-state index contributed by atoms with van der Waals surface area (Å²) in [5.74, 6) is -0.0141. The number of Topliss-reactive ketones (excluding diaryl/α,β-unsaturated/α-hetero) is 2. The van der Waals surface area contributed by atoms with Crippen LogP contribution in [0.15, 0.2) is 71.8 Å². The Morgan fingerprint density at radius 1 is 0.619 bits per heavy atom. The van der Waals surface area contributed by atoms with Gasteiger partial charge in [-0.05, 0) is 19.3 Å². The summed E-state index contributed by atoms with van der Waals surface area (Å²) in [6, 6.07) is 18.4. The second-order valence-electron chi connectivity index (χ2n) is 5.20. The number of rotatable bonds is 4. The van der Waals surface area contributed by atoms with E-state index in [9.17, 15) is 9.59 Å². The van der Waals surface area contributed by atoms with Crippen molar-refractivity contribution in [3.05, 3.63) is 82.9 Å². The SMILES string of the molecule is O=C(C1=C(C(=O)c2ccccc2)CCC1)c1ccccc1. The maximum atomic E-state index is 12.6. The van der Waals surface area contributed by atoms with Crippen LogP contribution in [0.4, 0.5) is 0 Å². The molecule has 3 rings (SSSR count). The fraction of sp³-hybridized carbons (Fsp3) is 0.158. The number of ketones is 2. The van der Waals surface area contributed by atoms with Crippen molar-refractivity contribution in [3.8, 4) is 0 Å². The van der Waals surface area contributed by atoms with Gasteiger partial charge in [-0.25, -0.2) is 0 Å². The molecular weight excluding hydrogens is 260 g/mol. The van der Waals surface area contributed by atoms with Gasteiger partial charge in [0.2, 0.25) is 0 Å². The van der Waals surface area contributed by atoms with Gasteiger partial charge >= 0.3 is 0 Å². The first-order valence-electron chi connectivity index (χ1n) is 7.19. The molecule has 0 aromatic heterocycles. The smallest absolute Gasteiger partial charge is 0.189 e. The lowest BCUT2D eigenvalue weighted by Crippen LogP contribution is -2.09. The van der Waals surface area contributed by atoms with Crippen LogP contribution < -0.4 is 0 Å². The van der Waals surface area contributed by atoms with E-state index in [4.69, 9.17) is 0 Å². The summed E-state index contributed by atoms with van der Waals surface area (Å²) >= 11 is 0. The molecular formula is C19H16O2. The predicted molar refractivity (Wildman–Crippen MR) is 82.4 cm³/mol. The van der Waals surface area contributed by atoms with Gasteiger partial charge in [0.25, 0.3) is 0 Å². The molecule has 2 aromatic rings. The normalized spacial score (nSPS) is 14.3. The Morgan fingerprint density at radius 2 is 1.00 bits per heavy atom. The Balaban J connectivity index is 1.96. The first-order valence-corrected chi connectivity index (χ1v) is 7.19. The van der Waals surface area contributed by atoms with Crippen LogP contribution in [0.25, 0.3) is 0 Å². The summed E-state index contributed by atoms with van der Waals surface area (Å²) in [5.41, 5.74) is 2.70. The Kier molecular flexibility index (Phi) is 3.78. The number of benzene rings is 2. The molecule has 2 heteroatoms. The Labute approximate surface area is 124 Å². The molecule has 0 atom stereocenters. The maximum Gasteiger partial charge on any atom is 0.189 e. The average molecular weight is 276 g/mol. The van der Waals surface area contributed by atoms with Crippen LogP contribution in [0, 0.1) is 0 Å². The molecule has 1 aliphatic carbocycles. The van der Waals surface area contributed by atoms with Crippen LogP contribution in [0.1, 0.15) is 40.0 Å². The topological polar surface area (TPSA) is 34.1 Å². The standard InChI is InChI=1S/C19H16O2/c20-18(14-8-3-1-4-9-14)16-12-7-13-17(16)19(21)15-10-5-2-6-11-15/h1-6,8-11H,7,12-13H2. The molecule has 0 N–H and O–H groups in total. The van der Waals surface area contributed by atoms with Crippen LogP contribution in [0.2, 0.25) is 0 Å². The van der Waals surface area contributed by atoms with Crippen LogP contribution in [0.3, 0.4) is 0 Å². The summed E-state index contributed by atoms with van der Waals surface area (Å²) in [4.78, 5) is 25.2. The van der Waals surface area contributed by atoms with Gasteiger partial charge in [0.1, 0.15) is 0 Å². The highest BCUT2D eigenvalue weighted by Crippen LogP contribution is 2.31. The third-order valence-corrected chi connectivity index (χ3v) is 3.84. The van der Waals surface area contributed by atoms with E-state index in [1.165, 1.54) is 0 Å². The van der Waals surface area contributed by atoms with E-state index >= 15 is 0 Å². The summed E-state index contributed by atoms with van der Waals surface area (Å²) < 4.78 is 0. The van der Waals surface area contributed by atoms with E-state index in [1.54, 1.807) is 24.3 Å². The number of carbonyl (C=O) groups excluding carboxylic acids is 2. The summed E-state index contributed by atoms with van der Waals surface area (Å²) in [5, 5.41) is 0. The second kappa shape index (κ2) is 5.88. The molecule has 0 unspecified atom stereocenters. The van der Waals surface area contributed by atoms with Gasteiger partial charge in [0, 0.05) is 22.3 Å². The number of carbonyl (C=O) groups is 2. The molecule has 0 heterocycles. The van der Waals surface area contributed by atoms with Crippen molar-refractivity contribution in [2.75, 3.05) is 0 Å². The third-order valence-electron chi connectivity index (χ3n) is 3.84. The monoisotopic (exact) mass is 276 g/mol. The van der Waals surface area contributed by atoms with Gasteiger partial charge in [-0.15, -0.1) is 0 Å². The van der Waals surface area contributed by atoms with E-state index in [0.29, 0.717) is 35.1 Å². The third kappa shape index (κ3) is 2.70. The highest BCUT2D eigenvalue weighted by atomic mass is 16.1. The second-order valence-corrected chi connectivity index (χ2v) is 5.20. The fourth-order valence-electron chi connectivity index (χ4n) is 2.77. The molecule has 1 aliphatic rings. The van der Waals surface area contributed by atoms with Crippen LogP contribution in [0.5, 0.6) is 0 Å². The molecule has 0 spiro atoms. The van der Waals surface area contributed by atoms with Crippen LogP contribution in [-0.2, 0) is 0 Å². The molecule has 2 nitrogen and oxygen atoms in total. The van der Waals surface area contributed by atoms with Crippen molar-refractivity contribution in [2.24, 2.45) is 0 Å². The average Bonchev–Trinajstić information content (AvgIpc) is 3.04. The van der Waals surface area contributed by atoms with Gasteiger partial charge in [-0.1, -0.05) is 60.7 Å². The molecule has 0 radical (unpaired) electrons. The number of hydrogen-bond acceptors (Lipinski definition) is 2. The van der Waals surface area contributed by atoms with E-state index in [2.05, 4.69) is 0 Å². The first kappa shape index (κ1) is 13.5. The minimum Gasteiger partial charge on any atom is -0.289 e. The van der Waals surface area contributed by atoms with Gasteiger partial charge in [0.05, 0.1) is 0 Å². The Morgan fingerprint density at radius 3 is 1.38 bits per heavy atom. The summed E-state index contributed by atoms with van der Waals surface area (Å²) in [7, 11) is 0. The van der Waals surface area contributed by atoms with Crippen molar-refractivity contribution < 1.29 is 9.59 Å². The van der Waals surface area contributed by atoms with E-state index in [1.807, 2.05) is 36.4 Å². The van der Waals surface area contributed by atoms with E-state index in [-0.39, 0.29) is 11.6 Å². The summed E-state index contributed by atoms with van der Waals surface area (Å²) in [6.07, 6.45) is 2.27. The lowest BCUT2D eigenvalue weighted by molar-refractivity contribution is 0.0999. The largest absolute Gasteiger partial charge is 0.289 e. The first-order chi connectivity index (χ1) is 10.3. The van der Waals surface area contributed by atoms with Crippen molar-refractivity contribution in [1.29, 1.82) is 0 Å². The molecule has 0 bridgehead atoms. The molecule has 0 aliphatic heterocycles. The number of hydrogen-bond donors (Lipinski definition) is 0. The lowest BCUT2D eigenvalue weighted by atomic mass is 9.95. The van der Waals surface area contributed by atoms with Crippen molar-refractivity contribution in [2.45, 2.75) is 19.3 Å². The lowest BCUT2D eigenvalue weighted by Gasteiger charge is -2.06. The highest BCUT2D eigenvalue weighted by molar-refractivity contribution is 6.18. The maximum absolute atomic E-state index is 12.6. The minimum absolute atomic E-state index is 0.00705. The van der Waals surface area contributed by atoms with Crippen LogP contribution in [-0.4, -0.2) is 11.6 Å². The van der Waals surface area contributed by atoms with Crippen molar-refractivity contribution in [3.63, 3.8) is 0 Å². The van der Waals surface area contributed by atoms with Crippen LogP contribution >= 0.6 is 0 Å². The minimum atomic E-state index is -0.00705. The zero-order valence-corrected chi connectivity index (χ0v) is 11.7. The summed E-state index contributed by atoms with van der Waals surface area (Å²) in [6.45, 7) is 0. The van der Waals surface area contributed by atoms with Gasteiger partial charge < -0.3 is 0 Å². The van der Waals surface area contributed by atoms with Gasteiger partial charge in [-0.2, -0.15) is 0 Å². The molecule has 0 saturated carbocycles. The molecule has 21 heavy (non-hydrogen) atoms. The highest BCUT2D eigenvalue weighted by Gasteiger charge is 2.26. The molecule has 104 valence electrons. The van der Waals surface area contributed by atoms with E-state index in [0.717, 1.165) is 6.42 Å². The van der Waals surface area contributed by atoms with Crippen molar-refractivity contribution in [1.82, 2.24) is 0 Å². The zero-order chi connectivity index (χ0) is 14.7.